The van der Waals surface area contributed by atoms with Crippen molar-refractivity contribution in [1.82, 2.24) is 4.90 Å². The number of nitrogens with zero attached hydrogens (tertiary/aromatic N) is 2. The van der Waals surface area contributed by atoms with E-state index in [0.29, 0.717) is 36.8 Å². The number of hydrogen-bond donors (Lipinski definition) is 4. The van der Waals surface area contributed by atoms with Crippen LogP contribution in [0.3, 0.4) is 0 Å². The predicted molar refractivity (Wildman–Crippen MR) is 129 cm³/mol. The molecule has 6 nitrogen and oxygen atoms in total. The summed E-state index contributed by atoms with van der Waals surface area (Å²) in [4.78, 5) is 1.86. The molecule has 1 saturated carbocycles. The van der Waals surface area contributed by atoms with Crippen LogP contribution in [-0.2, 0) is 0 Å². The number of hydrogen-bond acceptors (Lipinski definition) is 6. The third-order valence-corrected chi connectivity index (χ3v) is 8.94. The molecule has 0 bridgehead atoms. The summed E-state index contributed by atoms with van der Waals surface area (Å²) >= 11 is 0. The zero-order valence-electron chi connectivity index (χ0n) is 20.1. The van der Waals surface area contributed by atoms with Gasteiger partial charge in [0, 0.05) is 11.5 Å². The highest BCUT2D eigenvalue weighted by Crippen LogP contribution is 2.60. The van der Waals surface area contributed by atoms with Crippen molar-refractivity contribution in [2.45, 2.75) is 69.0 Å². The Labute approximate surface area is 201 Å². The number of fused-ring (bicyclic) bond motifs is 3. The molecule has 0 spiro atoms. The van der Waals surface area contributed by atoms with E-state index in [1.54, 1.807) is 6.08 Å². The van der Waals surface area contributed by atoms with Crippen molar-refractivity contribution in [2.24, 2.45) is 11.3 Å². The lowest BCUT2D eigenvalue weighted by molar-refractivity contribution is -0.0922. The van der Waals surface area contributed by atoms with Crippen LogP contribution in [0.4, 0.5) is 0 Å². The molecule has 7 atom stereocenters. The monoisotopic (exact) mass is 462 g/mol. The van der Waals surface area contributed by atoms with Gasteiger partial charge in [-0.1, -0.05) is 36.8 Å². The van der Waals surface area contributed by atoms with Crippen molar-refractivity contribution in [3.63, 3.8) is 0 Å². The summed E-state index contributed by atoms with van der Waals surface area (Å²) in [7, 11) is 3.70. The summed E-state index contributed by atoms with van der Waals surface area (Å²) in [6.07, 6.45) is 4.01. The van der Waals surface area contributed by atoms with Crippen molar-refractivity contribution >= 4 is 5.57 Å². The fraction of sp³-hybridized carbons (Fsp3) is 0.536. The number of aliphatic hydroxyl groups excluding tert-OH is 3. The van der Waals surface area contributed by atoms with Gasteiger partial charge in [-0.2, -0.15) is 5.26 Å². The minimum Gasteiger partial charge on any atom is -0.388 e. The van der Waals surface area contributed by atoms with Gasteiger partial charge in [0.1, 0.15) is 6.10 Å². The fourth-order valence-corrected chi connectivity index (χ4v) is 7.02. The normalized spacial score (nSPS) is 39.4. The Morgan fingerprint density at radius 3 is 2.44 bits per heavy atom. The summed E-state index contributed by atoms with van der Waals surface area (Å²) in [6.45, 7) is 2.21. The van der Waals surface area contributed by atoms with Crippen LogP contribution >= 0.6 is 0 Å². The zero-order chi connectivity index (χ0) is 24.4. The Balaban J connectivity index is 1.52. The van der Waals surface area contributed by atoms with Crippen LogP contribution in [0.2, 0.25) is 0 Å². The van der Waals surface area contributed by atoms with E-state index in [0.717, 1.165) is 23.1 Å². The first kappa shape index (κ1) is 23.5. The van der Waals surface area contributed by atoms with Crippen LogP contribution in [0.5, 0.6) is 0 Å². The van der Waals surface area contributed by atoms with Crippen molar-refractivity contribution in [1.29, 1.82) is 5.26 Å². The highest BCUT2D eigenvalue weighted by Gasteiger charge is 2.53. The van der Waals surface area contributed by atoms with E-state index in [9.17, 15) is 20.4 Å². The number of benzene rings is 1. The van der Waals surface area contributed by atoms with Crippen LogP contribution < -0.4 is 0 Å². The average Bonchev–Trinajstić information content (AvgIpc) is 3.05. The third kappa shape index (κ3) is 3.42. The molecule has 0 aliphatic heterocycles. The molecule has 1 fully saturated rings. The smallest absolute Gasteiger partial charge is 0.105 e. The van der Waals surface area contributed by atoms with E-state index < -0.39 is 23.9 Å². The fourth-order valence-electron chi connectivity index (χ4n) is 7.02. The molecule has 1 aromatic carbocycles. The molecule has 0 radical (unpaired) electrons. The minimum atomic E-state index is -1.22. The molecule has 5 rings (SSSR count). The van der Waals surface area contributed by atoms with Crippen molar-refractivity contribution in [3.05, 3.63) is 64.3 Å². The zero-order valence-corrected chi connectivity index (χ0v) is 20.1. The SMILES string of the molecule is CN(C)C1CC2(O)CCC3=C(C=C2C(O)C1O)C(O)CC1(C)C(c2ccc(C#N)cc2)=CCC31. The number of aliphatic hydroxyl groups is 4. The van der Waals surface area contributed by atoms with Gasteiger partial charge in [-0.25, -0.2) is 0 Å². The molecular formula is C28H34N2O4. The predicted octanol–water partition coefficient (Wildman–Crippen LogP) is 2.54. The van der Waals surface area contributed by atoms with Crippen LogP contribution in [0, 0.1) is 22.7 Å². The second-order valence-electron chi connectivity index (χ2n) is 11.0. The van der Waals surface area contributed by atoms with Crippen LogP contribution in [0.1, 0.15) is 50.2 Å². The molecule has 4 aliphatic rings. The first-order valence-corrected chi connectivity index (χ1v) is 12.2. The van der Waals surface area contributed by atoms with Gasteiger partial charge in [-0.3, -0.25) is 0 Å². The second kappa shape index (κ2) is 8.15. The number of rotatable bonds is 2. The van der Waals surface area contributed by atoms with E-state index in [4.69, 9.17) is 5.26 Å². The molecule has 1 aromatic rings. The van der Waals surface area contributed by atoms with Gasteiger partial charge in [-0.15, -0.1) is 0 Å². The summed E-state index contributed by atoms with van der Waals surface area (Å²) in [5.41, 5.74) is 3.81. The van der Waals surface area contributed by atoms with Gasteiger partial charge in [-0.05, 0) is 86.5 Å². The van der Waals surface area contributed by atoms with Gasteiger partial charge >= 0.3 is 0 Å². The van der Waals surface area contributed by atoms with E-state index in [1.807, 2.05) is 43.3 Å². The maximum absolute atomic E-state index is 11.7. The maximum Gasteiger partial charge on any atom is 0.105 e. The number of nitriles is 1. The van der Waals surface area contributed by atoms with Gasteiger partial charge in [0.2, 0.25) is 0 Å². The Morgan fingerprint density at radius 1 is 1.09 bits per heavy atom. The molecular weight excluding hydrogens is 428 g/mol. The maximum atomic E-state index is 11.7. The lowest BCUT2D eigenvalue weighted by atomic mass is 9.61. The van der Waals surface area contributed by atoms with Crippen LogP contribution in [0.15, 0.2) is 53.1 Å². The topological polar surface area (TPSA) is 108 Å². The standard InChI is InChI=1S/C28H34N2O4/c1-27-14-24(31)19-12-22-25(32)26(33)23(30(2)3)13-28(22,34)11-10-18(19)21(27)9-8-20(27)17-6-4-16(15-29)5-7-17/h4-8,12,21,23-26,31-34H,9-11,13-14H2,1-3H3. The molecule has 0 saturated heterocycles. The quantitative estimate of drug-likeness (QED) is 0.538. The summed E-state index contributed by atoms with van der Waals surface area (Å²) in [6, 6.07) is 9.46. The molecule has 180 valence electrons. The van der Waals surface area contributed by atoms with E-state index in [2.05, 4.69) is 19.1 Å². The summed E-state index contributed by atoms with van der Waals surface area (Å²) in [5.74, 6) is 0.198. The Morgan fingerprint density at radius 2 is 1.79 bits per heavy atom. The lowest BCUT2D eigenvalue weighted by Gasteiger charge is -2.46. The van der Waals surface area contributed by atoms with Crippen molar-refractivity contribution in [2.75, 3.05) is 14.1 Å². The molecule has 6 heteroatoms. The van der Waals surface area contributed by atoms with Gasteiger partial charge in [0.15, 0.2) is 0 Å². The first-order valence-electron chi connectivity index (χ1n) is 12.2. The highest BCUT2D eigenvalue weighted by molar-refractivity contribution is 5.74. The van der Waals surface area contributed by atoms with Crippen LogP contribution in [0.25, 0.3) is 5.57 Å². The molecule has 0 amide bonds. The largest absolute Gasteiger partial charge is 0.388 e. The van der Waals surface area contributed by atoms with Gasteiger partial charge in [0.05, 0.1) is 29.4 Å². The minimum absolute atomic E-state index is 0.198. The molecule has 0 heterocycles. The summed E-state index contributed by atoms with van der Waals surface area (Å²) < 4.78 is 0. The first-order chi connectivity index (χ1) is 16.1. The number of allylic oxidation sites excluding steroid dienone is 3. The number of likely N-dealkylation sites (N-methyl/N-ethyl adjacent to an activating group) is 1. The summed E-state index contributed by atoms with van der Waals surface area (Å²) in [5, 5.41) is 53.9. The van der Waals surface area contributed by atoms with E-state index in [-0.39, 0.29) is 17.4 Å². The third-order valence-electron chi connectivity index (χ3n) is 8.94. The van der Waals surface area contributed by atoms with E-state index >= 15 is 0 Å². The molecule has 4 N–H and O–H groups in total. The van der Waals surface area contributed by atoms with Crippen molar-refractivity contribution in [3.8, 4) is 6.07 Å². The Kier molecular flexibility index (Phi) is 5.63. The highest BCUT2D eigenvalue weighted by atomic mass is 16.3. The molecule has 0 aromatic heterocycles. The Bertz CT molecular complexity index is 1130. The van der Waals surface area contributed by atoms with Crippen molar-refractivity contribution < 1.29 is 20.4 Å². The van der Waals surface area contributed by atoms with E-state index in [1.165, 1.54) is 5.57 Å². The molecule has 34 heavy (non-hydrogen) atoms. The molecule has 7 unspecified atom stereocenters. The second-order valence-corrected chi connectivity index (χ2v) is 11.0. The molecule has 4 aliphatic carbocycles. The van der Waals surface area contributed by atoms with Gasteiger partial charge in [0.25, 0.3) is 0 Å². The van der Waals surface area contributed by atoms with Gasteiger partial charge < -0.3 is 25.3 Å². The van der Waals surface area contributed by atoms with Crippen LogP contribution in [-0.4, -0.2) is 69.4 Å². The Hall–Kier alpha value is -2.27. The average molecular weight is 463 g/mol. The lowest BCUT2D eigenvalue weighted by Crippen LogP contribution is -2.58.